The van der Waals surface area contributed by atoms with Gasteiger partial charge in [-0.25, -0.2) is 0 Å². The molecule has 0 unspecified atom stereocenters. The van der Waals surface area contributed by atoms with E-state index in [1.54, 1.807) is 31.3 Å². The van der Waals surface area contributed by atoms with Gasteiger partial charge >= 0.3 is 0 Å². The third-order valence-electron chi connectivity index (χ3n) is 3.03. The molecule has 0 atom stereocenters. The highest BCUT2D eigenvalue weighted by Gasteiger charge is 2.17. The number of anilines is 2. The molecule has 98 valence electrons. The summed E-state index contributed by atoms with van der Waals surface area (Å²) in [6.07, 6.45) is 0. The van der Waals surface area contributed by atoms with Crippen LogP contribution in [0.25, 0.3) is 0 Å². The lowest BCUT2D eigenvalue weighted by Gasteiger charge is -2.20. The van der Waals surface area contributed by atoms with Crippen LogP contribution in [0.1, 0.15) is 15.9 Å². The number of hydrogen-bond acceptors (Lipinski definition) is 2. The summed E-state index contributed by atoms with van der Waals surface area (Å²) < 4.78 is 0. The predicted octanol–water partition coefficient (Wildman–Crippen LogP) is 3.51. The number of nitrogens with zero attached hydrogens (tertiary/aromatic N) is 1. The van der Waals surface area contributed by atoms with E-state index in [0.29, 0.717) is 22.0 Å². The molecule has 2 rings (SSSR count). The summed E-state index contributed by atoms with van der Waals surface area (Å²) in [5.74, 6) is -0.105. The van der Waals surface area contributed by atoms with Crippen molar-refractivity contribution in [2.24, 2.45) is 0 Å². The molecule has 0 bridgehead atoms. The predicted molar refractivity (Wildman–Crippen MR) is 79.8 cm³/mol. The van der Waals surface area contributed by atoms with E-state index in [2.05, 4.69) is 0 Å². The molecule has 0 aliphatic carbocycles. The van der Waals surface area contributed by atoms with Gasteiger partial charge < -0.3 is 10.6 Å². The van der Waals surface area contributed by atoms with Gasteiger partial charge in [0, 0.05) is 17.6 Å². The van der Waals surface area contributed by atoms with Gasteiger partial charge in [-0.2, -0.15) is 0 Å². The molecule has 0 saturated carbocycles. The second-order valence-corrected chi connectivity index (χ2v) is 4.82. The van der Waals surface area contributed by atoms with Crippen molar-refractivity contribution in [3.05, 3.63) is 58.6 Å². The highest BCUT2D eigenvalue weighted by atomic mass is 35.5. The van der Waals surface area contributed by atoms with Crippen molar-refractivity contribution < 1.29 is 4.79 Å². The van der Waals surface area contributed by atoms with Crippen LogP contribution in [0.3, 0.4) is 0 Å². The summed E-state index contributed by atoms with van der Waals surface area (Å²) in [7, 11) is 1.69. The molecule has 2 aromatic carbocycles. The van der Waals surface area contributed by atoms with E-state index in [1.165, 1.54) is 4.90 Å². The van der Waals surface area contributed by atoms with E-state index in [1.807, 2.05) is 25.1 Å². The number of carbonyl (C=O) groups excluding carboxylic acids is 1. The molecule has 0 fully saturated rings. The molecule has 0 aliphatic rings. The molecule has 2 aromatic rings. The highest BCUT2D eigenvalue weighted by molar-refractivity contribution is 6.31. The fourth-order valence-corrected chi connectivity index (χ4v) is 2.08. The SMILES string of the molecule is Cc1ccccc1C(=O)N(C)c1cc(Cl)ccc1N. The Kier molecular flexibility index (Phi) is 3.76. The van der Waals surface area contributed by atoms with Gasteiger partial charge in [0.25, 0.3) is 5.91 Å². The zero-order valence-corrected chi connectivity index (χ0v) is 11.6. The molecule has 0 radical (unpaired) electrons. The van der Waals surface area contributed by atoms with Crippen molar-refractivity contribution in [2.75, 3.05) is 17.7 Å². The van der Waals surface area contributed by atoms with Crippen LogP contribution in [0.4, 0.5) is 11.4 Å². The van der Waals surface area contributed by atoms with Crippen LogP contribution < -0.4 is 10.6 Å². The van der Waals surface area contributed by atoms with Gasteiger partial charge in [-0.05, 0) is 36.8 Å². The van der Waals surface area contributed by atoms with Crippen LogP contribution in [0.5, 0.6) is 0 Å². The van der Waals surface area contributed by atoms with Gasteiger partial charge in [0.2, 0.25) is 0 Å². The molecular weight excluding hydrogens is 260 g/mol. The van der Waals surface area contributed by atoms with Gasteiger partial charge in [-0.3, -0.25) is 4.79 Å². The fourth-order valence-electron chi connectivity index (χ4n) is 1.91. The summed E-state index contributed by atoms with van der Waals surface area (Å²) in [6.45, 7) is 1.91. The molecular formula is C15H15ClN2O. The van der Waals surface area contributed by atoms with Gasteiger partial charge in [-0.15, -0.1) is 0 Å². The number of nitrogens with two attached hydrogens (primary N) is 1. The van der Waals surface area contributed by atoms with Crippen molar-refractivity contribution in [3.63, 3.8) is 0 Å². The van der Waals surface area contributed by atoms with Crippen LogP contribution >= 0.6 is 11.6 Å². The largest absolute Gasteiger partial charge is 0.397 e. The first-order valence-electron chi connectivity index (χ1n) is 5.89. The quantitative estimate of drug-likeness (QED) is 0.852. The minimum atomic E-state index is -0.105. The van der Waals surface area contributed by atoms with Gasteiger partial charge in [0.1, 0.15) is 0 Å². The van der Waals surface area contributed by atoms with Crippen molar-refractivity contribution in [3.8, 4) is 0 Å². The summed E-state index contributed by atoms with van der Waals surface area (Å²) in [6, 6.07) is 12.5. The van der Waals surface area contributed by atoms with Crippen LogP contribution in [0.2, 0.25) is 5.02 Å². The molecule has 0 heterocycles. The molecule has 3 nitrogen and oxygen atoms in total. The van der Waals surface area contributed by atoms with Crippen LogP contribution in [-0.4, -0.2) is 13.0 Å². The number of carbonyl (C=O) groups is 1. The van der Waals surface area contributed by atoms with E-state index in [9.17, 15) is 4.79 Å². The van der Waals surface area contributed by atoms with Crippen molar-refractivity contribution in [1.29, 1.82) is 0 Å². The van der Waals surface area contributed by atoms with Crippen LogP contribution in [-0.2, 0) is 0 Å². The number of hydrogen-bond donors (Lipinski definition) is 1. The molecule has 0 aromatic heterocycles. The first-order chi connectivity index (χ1) is 9.00. The minimum Gasteiger partial charge on any atom is -0.397 e. The Morgan fingerprint density at radius 1 is 1.21 bits per heavy atom. The lowest BCUT2D eigenvalue weighted by atomic mass is 10.1. The van der Waals surface area contributed by atoms with Crippen molar-refractivity contribution in [1.82, 2.24) is 0 Å². The van der Waals surface area contributed by atoms with E-state index in [4.69, 9.17) is 17.3 Å². The molecule has 1 amide bonds. The summed E-state index contributed by atoms with van der Waals surface area (Å²) in [5, 5.41) is 0.550. The monoisotopic (exact) mass is 274 g/mol. The molecule has 0 spiro atoms. The topological polar surface area (TPSA) is 46.3 Å². The highest BCUT2D eigenvalue weighted by Crippen LogP contribution is 2.27. The van der Waals surface area contributed by atoms with E-state index in [0.717, 1.165) is 5.56 Å². The van der Waals surface area contributed by atoms with Crippen molar-refractivity contribution in [2.45, 2.75) is 6.92 Å². The van der Waals surface area contributed by atoms with E-state index < -0.39 is 0 Å². The average Bonchev–Trinajstić information content (AvgIpc) is 2.40. The summed E-state index contributed by atoms with van der Waals surface area (Å²) in [5.41, 5.74) is 8.61. The normalized spacial score (nSPS) is 10.3. The number of aryl methyl sites for hydroxylation is 1. The van der Waals surface area contributed by atoms with Crippen LogP contribution in [0, 0.1) is 6.92 Å². The maximum Gasteiger partial charge on any atom is 0.258 e. The van der Waals surface area contributed by atoms with Crippen molar-refractivity contribution >= 4 is 28.9 Å². The van der Waals surface area contributed by atoms with E-state index >= 15 is 0 Å². The Hall–Kier alpha value is -2.00. The summed E-state index contributed by atoms with van der Waals surface area (Å²) in [4.78, 5) is 14.0. The van der Waals surface area contributed by atoms with Crippen LogP contribution in [0.15, 0.2) is 42.5 Å². The summed E-state index contributed by atoms with van der Waals surface area (Å²) >= 11 is 5.95. The average molecular weight is 275 g/mol. The first-order valence-corrected chi connectivity index (χ1v) is 6.27. The third-order valence-corrected chi connectivity index (χ3v) is 3.27. The number of halogens is 1. The minimum absolute atomic E-state index is 0.105. The second-order valence-electron chi connectivity index (χ2n) is 4.38. The Morgan fingerprint density at radius 3 is 2.58 bits per heavy atom. The number of benzene rings is 2. The molecule has 0 saturated heterocycles. The zero-order chi connectivity index (χ0) is 14.0. The number of rotatable bonds is 2. The maximum absolute atomic E-state index is 12.5. The van der Waals surface area contributed by atoms with Gasteiger partial charge in [0.15, 0.2) is 0 Å². The lowest BCUT2D eigenvalue weighted by molar-refractivity contribution is 0.0992. The maximum atomic E-state index is 12.5. The number of nitrogen functional groups attached to an aromatic ring is 1. The first kappa shape index (κ1) is 13.4. The van der Waals surface area contributed by atoms with Gasteiger partial charge in [-0.1, -0.05) is 29.8 Å². The smallest absolute Gasteiger partial charge is 0.258 e. The zero-order valence-electron chi connectivity index (χ0n) is 10.9. The Morgan fingerprint density at radius 2 is 1.89 bits per heavy atom. The molecule has 0 aliphatic heterocycles. The van der Waals surface area contributed by atoms with E-state index in [-0.39, 0.29) is 5.91 Å². The molecule has 4 heteroatoms. The second kappa shape index (κ2) is 5.33. The Labute approximate surface area is 117 Å². The Bertz CT molecular complexity index is 625. The third kappa shape index (κ3) is 2.71. The standard InChI is InChI=1S/C15H15ClN2O/c1-10-5-3-4-6-12(10)15(19)18(2)14-9-11(16)7-8-13(14)17/h3-9H,17H2,1-2H3. The fraction of sp³-hybridized carbons (Fsp3) is 0.133. The molecule has 2 N–H and O–H groups in total. The Balaban J connectivity index is 2.39. The lowest BCUT2D eigenvalue weighted by Crippen LogP contribution is -2.27. The number of amides is 1. The molecule has 19 heavy (non-hydrogen) atoms. The van der Waals surface area contributed by atoms with Gasteiger partial charge in [0.05, 0.1) is 11.4 Å².